The van der Waals surface area contributed by atoms with E-state index in [-0.39, 0.29) is 22.8 Å². The number of hydrogen-bond acceptors (Lipinski definition) is 5. The molecule has 0 spiro atoms. The van der Waals surface area contributed by atoms with E-state index in [0.717, 1.165) is 30.8 Å². The number of nitro groups is 1. The molecule has 1 N–H and O–H groups in total. The van der Waals surface area contributed by atoms with Crippen molar-refractivity contribution in [3.63, 3.8) is 0 Å². The van der Waals surface area contributed by atoms with Gasteiger partial charge in [0.25, 0.3) is 5.69 Å². The third-order valence-electron chi connectivity index (χ3n) is 5.12. The first kappa shape index (κ1) is 16.4. The Balaban J connectivity index is 1.58. The summed E-state index contributed by atoms with van der Waals surface area (Å²) in [5.41, 5.74) is 1.90. The largest absolute Gasteiger partial charge is 0.374 e. The summed E-state index contributed by atoms with van der Waals surface area (Å²) in [6, 6.07) is 5.95. The second kappa shape index (κ2) is 6.95. The van der Waals surface area contributed by atoms with Crippen molar-refractivity contribution < 1.29 is 9.66 Å². The monoisotopic (exact) mass is 319 g/mol. The molecule has 2 aliphatic rings. The van der Waals surface area contributed by atoms with Crippen molar-refractivity contribution in [2.24, 2.45) is 0 Å². The van der Waals surface area contributed by atoms with E-state index in [4.69, 9.17) is 4.74 Å². The van der Waals surface area contributed by atoms with E-state index in [1.165, 1.54) is 19.4 Å². The molecule has 6 nitrogen and oxygen atoms in total. The van der Waals surface area contributed by atoms with Crippen LogP contribution in [-0.2, 0) is 4.74 Å². The minimum absolute atomic E-state index is 0.0646. The molecule has 3 rings (SSSR count). The van der Waals surface area contributed by atoms with Crippen molar-refractivity contribution in [1.82, 2.24) is 10.2 Å². The number of nitrogens with zero attached hydrogens (tertiary/aromatic N) is 2. The van der Waals surface area contributed by atoms with Crippen LogP contribution < -0.4 is 5.32 Å². The van der Waals surface area contributed by atoms with Gasteiger partial charge in [0.1, 0.15) is 0 Å². The molecule has 1 aromatic rings. The molecule has 2 saturated heterocycles. The van der Waals surface area contributed by atoms with Gasteiger partial charge < -0.3 is 10.1 Å². The maximum Gasteiger partial charge on any atom is 0.272 e. The Labute approximate surface area is 137 Å². The highest BCUT2D eigenvalue weighted by molar-refractivity contribution is 5.45. The summed E-state index contributed by atoms with van der Waals surface area (Å²) in [6.07, 6.45) is 2.73. The molecule has 2 aliphatic heterocycles. The van der Waals surface area contributed by atoms with Crippen LogP contribution in [0.1, 0.15) is 36.9 Å². The van der Waals surface area contributed by atoms with Crippen LogP contribution in [0.3, 0.4) is 0 Å². The molecule has 23 heavy (non-hydrogen) atoms. The zero-order chi connectivity index (χ0) is 16.4. The molecule has 126 valence electrons. The second-order valence-electron chi connectivity index (χ2n) is 6.62. The van der Waals surface area contributed by atoms with Crippen LogP contribution in [0.25, 0.3) is 0 Å². The van der Waals surface area contributed by atoms with E-state index in [9.17, 15) is 10.1 Å². The van der Waals surface area contributed by atoms with E-state index >= 15 is 0 Å². The number of nitrogens with one attached hydrogen (secondary N) is 1. The molecule has 0 radical (unpaired) electrons. The highest BCUT2D eigenvalue weighted by Crippen LogP contribution is 2.26. The Hall–Kier alpha value is -1.50. The van der Waals surface area contributed by atoms with Crippen LogP contribution in [0, 0.1) is 17.0 Å². The number of morpholine rings is 1. The fourth-order valence-corrected chi connectivity index (χ4v) is 3.74. The summed E-state index contributed by atoms with van der Waals surface area (Å²) in [7, 11) is 0. The Kier molecular flexibility index (Phi) is 4.94. The number of benzene rings is 1. The molecule has 3 atom stereocenters. The lowest BCUT2D eigenvalue weighted by molar-refractivity contribution is -0.385. The van der Waals surface area contributed by atoms with Crippen molar-refractivity contribution in [2.45, 2.75) is 44.9 Å². The Morgan fingerprint density at radius 3 is 3.13 bits per heavy atom. The van der Waals surface area contributed by atoms with Gasteiger partial charge in [-0.15, -0.1) is 0 Å². The molecule has 0 amide bonds. The predicted molar refractivity (Wildman–Crippen MR) is 88.6 cm³/mol. The number of hydrogen-bond donors (Lipinski definition) is 1. The average Bonchev–Trinajstić information content (AvgIpc) is 3.00. The second-order valence-corrected chi connectivity index (χ2v) is 6.62. The van der Waals surface area contributed by atoms with Crippen molar-refractivity contribution in [3.8, 4) is 0 Å². The Bertz CT molecular complexity index is 578. The lowest BCUT2D eigenvalue weighted by atomic mass is 10.0. The topological polar surface area (TPSA) is 67.6 Å². The molecule has 0 aromatic heterocycles. The number of ether oxygens (including phenoxy) is 1. The molecule has 0 unspecified atom stereocenters. The summed E-state index contributed by atoms with van der Waals surface area (Å²) in [6.45, 7) is 7.64. The van der Waals surface area contributed by atoms with Gasteiger partial charge in [-0.05, 0) is 38.8 Å². The minimum Gasteiger partial charge on any atom is -0.374 e. The molecule has 0 aliphatic carbocycles. The molecular weight excluding hydrogens is 294 g/mol. The van der Waals surface area contributed by atoms with E-state index < -0.39 is 0 Å². The van der Waals surface area contributed by atoms with Crippen molar-refractivity contribution in [1.29, 1.82) is 0 Å². The minimum atomic E-state index is -0.316. The first-order valence-electron chi connectivity index (χ1n) is 8.39. The molecule has 2 fully saturated rings. The smallest absolute Gasteiger partial charge is 0.272 e. The van der Waals surface area contributed by atoms with E-state index in [0.29, 0.717) is 6.04 Å². The van der Waals surface area contributed by atoms with E-state index in [1.54, 1.807) is 12.1 Å². The number of fused-ring (bicyclic) bond motifs is 1. The lowest BCUT2D eigenvalue weighted by Crippen LogP contribution is -2.49. The fourth-order valence-electron chi connectivity index (χ4n) is 3.74. The third kappa shape index (κ3) is 3.54. The van der Waals surface area contributed by atoms with Gasteiger partial charge in [-0.3, -0.25) is 15.0 Å². The van der Waals surface area contributed by atoms with Crippen molar-refractivity contribution in [2.75, 3.05) is 26.2 Å². The molecule has 2 heterocycles. The van der Waals surface area contributed by atoms with Crippen LogP contribution >= 0.6 is 0 Å². The highest BCUT2D eigenvalue weighted by atomic mass is 16.6. The van der Waals surface area contributed by atoms with Crippen LogP contribution in [0.15, 0.2) is 18.2 Å². The van der Waals surface area contributed by atoms with Crippen molar-refractivity contribution >= 4 is 5.69 Å². The van der Waals surface area contributed by atoms with Crippen molar-refractivity contribution in [3.05, 3.63) is 39.4 Å². The molecular formula is C17H25N3O3. The zero-order valence-corrected chi connectivity index (χ0v) is 13.8. The predicted octanol–water partition coefficient (Wildman–Crippen LogP) is 2.42. The van der Waals surface area contributed by atoms with Crippen LogP contribution in [0.5, 0.6) is 0 Å². The first-order valence-corrected chi connectivity index (χ1v) is 8.39. The number of rotatable bonds is 5. The third-order valence-corrected chi connectivity index (χ3v) is 5.12. The molecule has 0 saturated carbocycles. The highest BCUT2D eigenvalue weighted by Gasteiger charge is 2.32. The molecule has 6 heteroatoms. The first-order chi connectivity index (χ1) is 11.1. The number of nitro benzene ring substituents is 1. The van der Waals surface area contributed by atoms with Gasteiger partial charge in [0.05, 0.1) is 17.6 Å². The maximum atomic E-state index is 11.1. The van der Waals surface area contributed by atoms with Crippen LogP contribution in [0.4, 0.5) is 5.69 Å². The SMILES string of the molecule is Cc1c([C@H](C)NC[C@@H]2CN3CCC[C@H]3CO2)cccc1[N+](=O)[O-]. The van der Waals surface area contributed by atoms with Gasteiger partial charge in [0, 0.05) is 36.8 Å². The van der Waals surface area contributed by atoms with Gasteiger partial charge in [0.15, 0.2) is 0 Å². The van der Waals surface area contributed by atoms with E-state index in [2.05, 4.69) is 10.2 Å². The normalized spacial score (nSPS) is 26.0. The average molecular weight is 319 g/mol. The fraction of sp³-hybridized carbons (Fsp3) is 0.647. The van der Waals surface area contributed by atoms with Crippen LogP contribution in [0.2, 0.25) is 0 Å². The maximum absolute atomic E-state index is 11.1. The van der Waals surface area contributed by atoms with Gasteiger partial charge in [0.2, 0.25) is 0 Å². The summed E-state index contributed by atoms with van der Waals surface area (Å²) >= 11 is 0. The summed E-state index contributed by atoms with van der Waals surface area (Å²) < 4.78 is 5.96. The molecule has 0 bridgehead atoms. The van der Waals surface area contributed by atoms with Gasteiger partial charge in [-0.25, -0.2) is 0 Å². The summed E-state index contributed by atoms with van der Waals surface area (Å²) in [5, 5.41) is 14.5. The Morgan fingerprint density at radius 2 is 2.35 bits per heavy atom. The van der Waals surface area contributed by atoms with E-state index in [1.807, 2.05) is 19.9 Å². The summed E-state index contributed by atoms with van der Waals surface area (Å²) in [4.78, 5) is 13.3. The van der Waals surface area contributed by atoms with Gasteiger partial charge in [-0.2, -0.15) is 0 Å². The quantitative estimate of drug-likeness (QED) is 0.667. The molecule has 1 aromatic carbocycles. The zero-order valence-electron chi connectivity index (χ0n) is 13.8. The van der Waals surface area contributed by atoms with Gasteiger partial charge >= 0.3 is 0 Å². The lowest BCUT2D eigenvalue weighted by Gasteiger charge is -2.35. The summed E-state index contributed by atoms with van der Waals surface area (Å²) in [5.74, 6) is 0. The standard InChI is InChI=1S/C17H25N3O3/c1-12-16(6-3-7-17(12)20(21)22)13(2)18-9-15-10-19-8-4-5-14(19)11-23-15/h3,6-7,13-15,18H,4-5,8-11H2,1-2H3/t13-,14-,15+/m0/s1. The Morgan fingerprint density at radius 1 is 1.52 bits per heavy atom. The van der Waals surface area contributed by atoms with Gasteiger partial charge in [-0.1, -0.05) is 12.1 Å². The van der Waals surface area contributed by atoms with Crippen LogP contribution in [-0.4, -0.2) is 48.2 Å².